The van der Waals surface area contributed by atoms with E-state index in [9.17, 15) is 28.4 Å². The van der Waals surface area contributed by atoms with E-state index in [4.69, 9.17) is 0 Å². The lowest BCUT2D eigenvalue weighted by molar-refractivity contribution is -0.384. The van der Waals surface area contributed by atoms with Crippen molar-refractivity contribution in [3.63, 3.8) is 0 Å². The summed E-state index contributed by atoms with van der Waals surface area (Å²) in [5.41, 5.74) is -3.23. The van der Waals surface area contributed by atoms with E-state index < -0.39 is 34.1 Å². The van der Waals surface area contributed by atoms with Gasteiger partial charge in [-0.3, -0.25) is 10.1 Å². The van der Waals surface area contributed by atoms with Gasteiger partial charge in [-0.05, 0) is 26.8 Å². The van der Waals surface area contributed by atoms with E-state index in [-0.39, 0.29) is 5.69 Å². The molecule has 20 heavy (non-hydrogen) atoms. The number of aromatic nitrogens is 1. The van der Waals surface area contributed by atoms with Crippen LogP contribution in [0.4, 0.5) is 24.5 Å². The van der Waals surface area contributed by atoms with Gasteiger partial charge in [-0.1, -0.05) is 0 Å². The highest BCUT2D eigenvalue weighted by Crippen LogP contribution is 2.34. The molecule has 2 N–H and O–H groups in total. The molecule has 1 atom stereocenters. The highest BCUT2D eigenvalue weighted by Gasteiger charge is 2.35. The Balaban J connectivity index is 3.30. The molecule has 0 aliphatic carbocycles. The van der Waals surface area contributed by atoms with Crippen LogP contribution in [0.5, 0.6) is 0 Å². The van der Waals surface area contributed by atoms with E-state index in [1.807, 2.05) is 0 Å². The van der Waals surface area contributed by atoms with Crippen molar-refractivity contribution in [3.8, 4) is 0 Å². The maximum atomic E-state index is 12.6. The van der Waals surface area contributed by atoms with Crippen LogP contribution in [-0.4, -0.2) is 26.7 Å². The molecule has 1 rings (SSSR count). The maximum Gasteiger partial charge on any atom is 0.433 e. The number of rotatable bonds is 4. The average molecular weight is 293 g/mol. The van der Waals surface area contributed by atoms with Crippen molar-refractivity contribution in [2.24, 2.45) is 0 Å². The first-order valence-corrected chi connectivity index (χ1v) is 5.63. The molecule has 0 spiro atoms. The van der Waals surface area contributed by atoms with Crippen molar-refractivity contribution in [1.82, 2.24) is 4.98 Å². The normalized spacial score (nSPS) is 13.9. The minimum absolute atomic E-state index is 0.344. The number of nitrogens with zero attached hydrogens (tertiary/aromatic N) is 2. The van der Waals surface area contributed by atoms with Crippen LogP contribution in [-0.2, 0) is 6.18 Å². The number of hydrogen-bond acceptors (Lipinski definition) is 5. The zero-order valence-corrected chi connectivity index (χ0v) is 11.0. The van der Waals surface area contributed by atoms with Gasteiger partial charge in [0, 0.05) is 0 Å². The van der Waals surface area contributed by atoms with Crippen molar-refractivity contribution in [2.75, 3.05) is 5.32 Å². The summed E-state index contributed by atoms with van der Waals surface area (Å²) < 4.78 is 37.7. The molecule has 0 saturated heterocycles. The molecule has 0 amide bonds. The van der Waals surface area contributed by atoms with Gasteiger partial charge in [0.25, 0.3) is 0 Å². The van der Waals surface area contributed by atoms with E-state index >= 15 is 0 Å². The number of nitro groups is 1. The van der Waals surface area contributed by atoms with Gasteiger partial charge < -0.3 is 10.4 Å². The Kier molecular flexibility index (Phi) is 4.23. The lowest BCUT2D eigenvalue weighted by Gasteiger charge is -2.30. The molecule has 9 heteroatoms. The van der Waals surface area contributed by atoms with Crippen LogP contribution in [0.25, 0.3) is 0 Å². The second kappa shape index (κ2) is 5.23. The smallest absolute Gasteiger partial charge is 0.391 e. The number of aliphatic hydroxyl groups excluding tert-OH is 1. The molecule has 6 nitrogen and oxygen atoms in total. The molecule has 0 aromatic carbocycles. The summed E-state index contributed by atoms with van der Waals surface area (Å²) in [6.07, 6.45) is -5.10. The van der Waals surface area contributed by atoms with Gasteiger partial charge in [0.15, 0.2) is 0 Å². The molecule has 1 aromatic rings. The molecular weight excluding hydrogens is 279 g/mol. The Hall–Kier alpha value is -1.90. The van der Waals surface area contributed by atoms with Crippen LogP contribution < -0.4 is 5.32 Å². The molecule has 0 saturated carbocycles. The lowest BCUT2D eigenvalue weighted by atomic mass is 9.98. The first-order chi connectivity index (χ1) is 8.95. The lowest BCUT2D eigenvalue weighted by Crippen LogP contribution is -2.42. The standard InChI is InChI=1S/C11H14F3N3O3/c1-6(18)10(2,3)16-7-4-9(11(12,13)14)15-5-8(7)17(19)20/h4-6,18H,1-3H3,(H,15,16). The predicted octanol–water partition coefficient (Wildman–Crippen LogP) is 2.58. The van der Waals surface area contributed by atoms with Crippen LogP contribution in [0.15, 0.2) is 12.3 Å². The number of nitrogens with one attached hydrogen (secondary N) is 1. The van der Waals surface area contributed by atoms with Crippen LogP contribution in [0.1, 0.15) is 26.5 Å². The SMILES string of the molecule is CC(O)C(C)(C)Nc1cc(C(F)(F)F)ncc1[N+](=O)[O-]. The molecule has 0 fully saturated rings. The molecule has 0 aliphatic rings. The number of hydrogen-bond donors (Lipinski definition) is 2. The average Bonchev–Trinajstić information content (AvgIpc) is 2.26. The fourth-order valence-electron chi connectivity index (χ4n) is 1.30. The largest absolute Gasteiger partial charge is 0.433 e. The second-order valence-corrected chi connectivity index (χ2v) is 4.86. The van der Waals surface area contributed by atoms with Gasteiger partial charge in [0.1, 0.15) is 17.6 Å². The highest BCUT2D eigenvalue weighted by atomic mass is 19.4. The van der Waals surface area contributed by atoms with Gasteiger partial charge >= 0.3 is 11.9 Å². The molecular formula is C11H14F3N3O3. The Morgan fingerprint density at radius 1 is 1.45 bits per heavy atom. The molecule has 1 aromatic heterocycles. The van der Waals surface area contributed by atoms with Crippen molar-refractivity contribution in [2.45, 2.75) is 38.6 Å². The molecule has 1 unspecified atom stereocenters. The predicted molar refractivity (Wildman–Crippen MR) is 65.3 cm³/mol. The third-order valence-electron chi connectivity index (χ3n) is 2.87. The molecule has 112 valence electrons. The molecule has 0 bridgehead atoms. The zero-order chi connectivity index (χ0) is 15.7. The van der Waals surface area contributed by atoms with E-state index in [0.717, 1.165) is 0 Å². The fraction of sp³-hybridized carbons (Fsp3) is 0.545. The van der Waals surface area contributed by atoms with Crippen molar-refractivity contribution < 1.29 is 23.2 Å². The Morgan fingerprint density at radius 2 is 2.00 bits per heavy atom. The topological polar surface area (TPSA) is 88.3 Å². The highest BCUT2D eigenvalue weighted by molar-refractivity contribution is 5.62. The first-order valence-electron chi connectivity index (χ1n) is 5.63. The summed E-state index contributed by atoms with van der Waals surface area (Å²) >= 11 is 0. The van der Waals surface area contributed by atoms with Crippen LogP contribution in [0, 0.1) is 10.1 Å². The molecule has 0 aliphatic heterocycles. The zero-order valence-electron chi connectivity index (χ0n) is 11.0. The Labute approximate surface area is 112 Å². The summed E-state index contributed by atoms with van der Waals surface area (Å²) in [6.45, 7) is 4.44. The number of halogens is 3. The first kappa shape index (κ1) is 16.2. The summed E-state index contributed by atoms with van der Waals surface area (Å²) in [5, 5.41) is 22.9. The minimum atomic E-state index is -4.71. The van der Waals surface area contributed by atoms with Gasteiger partial charge in [-0.25, -0.2) is 4.98 Å². The summed E-state index contributed by atoms with van der Waals surface area (Å²) in [5.74, 6) is 0. The number of pyridine rings is 1. The van der Waals surface area contributed by atoms with Crippen molar-refractivity contribution in [3.05, 3.63) is 28.1 Å². The van der Waals surface area contributed by atoms with Crippen LogP contribution >= 0.6 is 0 Å². The number of anilines is 1. The third-order valence-corrected chi connectivity index (χ3v) is 2.87. The third kappa shape index (κ3) is 3.56. The fourth-order valence-corrected chi connectivity index (χ4v) is 1.30. The Morgan fingerprint density at radius 3 is 2.40 bits per heavy atom. The second-order valence-electron chi connectivity index (χ2n) is 4.86. The van der Waals surface area contributed by atoms with Gasteiger partial charge in [-0.15, -0.1) is 0 Å². The quantitative estimate of drug-likeness (QED) is 0.658. The molecule has 1 heterocycles. The number of aliphatic hydroxyl groups is 1. The van der Waals surface area contributed by atoms with E-state index in [1.165, 1.54) is 20.8 Å². The van der Waals surface area contributed by atoms with Gasteiger partial charge in [0.05, 0.1) is 16.6 Å². The van der Waals surface area contributed by atoms with Crippen molar-refractivity contribution in [1.29, 1.82) is 0 Å². The van der Waals surface area contributed by atoms with E-state index in [0.29, 0.717) is 12.3 Å². The summed E-state index contributed by atoms with van der Waals surface area (Å²) in [7, 11) is 0. The molecule has 0 radical (unpaired) electrons. The van der Waals surface area contributed by atoms with Gasteiger partial charge in [0.2, 0.25) is 0 Å². The number of alkyl halides is 3. The summed E-state index contributed by atoms with van der Waals surface area (Å²) in [6, 6.07) is 0.558. The van der Waals surface area contributed by atoms with Gasteiger partial charge in [-0.2, -0.15) is 13.2 Å². The van der Waals surface area contributed by atoms with Crippen LogP contribution in [0.3, 0.4) is 0 Å². The maximum absolute atomic E-state index is 12.6. The van der Waals surface area contributed by atoms with Crippen molar-refractivity contribution >= 4 is 11.4 Å². The summed E-state index contributed by atoms with van der Waals surface area (Å²) in [4.78, 5) is 13.0. The van der Waals surface area contributed by atoms with E-state index in [2.05, 4.69) is 10.3 Å². The van der Waals surface area contributed by atoms with E-state index in [1.54, 1.807) is 0 Å². The minimum Gasteiger partial charge on any atom is -0.391 e. The Bertz CT molecular complexity index is 515. The monoisotopic (exact) mass is 293 g/mol. The van der Waals surface area contributed by atoms with Crippen LogP contribution in [0.2, 0.25) is 0 Å².